The van der Waals surface area contributed by atoms with Crippen LogP contribution in [0.2, 0.25) is 0 Å². The molecule has 3 atom stereocenters. The van der Waals surface area contributed by atoms with Gasteiger partial charge in [0.2, 0.25) is 5.91 Å². The SMILES string of the molecule is CCCCCCCCCCCCCCCCCCCCCCC/C=C/CC/C=C/C(O)C(COP(=O)(O)OCC[N+](C)(C)C)NC(=O)CCCCCCCCCCCCCCCCCCCCCCCCCCCCCCCCCCC. The molecule has 1 amide bonds. The Hall–Kier alpha value is -1.02. The number of hydrogen-bond donors (Lipinski definition) is 3. The van der Waals surface area contributed by atoms with E-state index in [1.807, 2.05) is 27.2 Å². The van der Waals surface area contributed by atoms with Gasteiger partial charge in [-0.1, -0.05) is 372 Å². The number of carbonyl (C=O) groups is 1. The molecule has 0 aliphatic carbocycles. The highest BCUT2D eigenvalue weighted by molar-refractivity contribution is 7.47. The number of hydrogen-bond acceptors (Lipinski definition) is 5. The Morgan fingerprint density at radius 1 is 0.402 bits per heavy atom. The minimum atomic E-state index is -4.36. The number of amides is 1. The van der Waals surface area contributed by atoms with Crippen LogP contribution in [0.3, 0.4) is 0 Å². The highest BCUT2D eigenvalue weighted by atomic mass is 31.2. The van der Waals surface area contributed by atoms with Gasteiger partial charge in [0, 0.05) is 6.42 Å². The van der Waals surface area contributed by atoms with E-state index in [1.54, 1.807) is 6.08 Å². The van der Waals surface area contributed by atoms with Gasteiger partial charge in [-0.3, -0.25) is 13.8 Å². The van der Waals surface area contributed by atoms with Crippen LogP contribution in [-0.2, 0) is 18.4 Å². The lowest BCUT2D eigenvalue weighted by atomic mass is 10.0. The number of aliphatic hydroxyl groups is 1. The van der Waals surface area contributed by atoms with Gasteiger partial charge in [-0.05, 0) is 32.1 Å². The van der Waals surface area contributed by atoms with Gasteiger partial charge in [-0.2, -0.15) is 0 Å². The van der Waals surface area contributed by atoms with Crippen LogP contribution in [0.4, 0.5) is 0 Å². The zero-order valence-electron chi connectivity index (χ0n) is 56.0. The first kappa shape index (κ1) is 81.0. The maximum absolute atomic E-state index is 13.1. The summed E-state index contributed by atoms with van der Waals surface area (Å²) in [5, 5.41) is 14.0. The first-order valence-corrected chi connectivity index (χ1v) is 38.2. The van der Waals surface area contributed by atoms with E-state index in [9.17, 15) is 19.4 Å². The maximum atomic E-state index is 13.1. The van der Waals surface area contributed by atoms with Crippen LogP contribution in [0.5, 0.6) is 0 Å². The fourth-order valence-electron chi connectivity index (χ4n) is 11.5. The third-order valence-electron chi connectivity index (χ3n) is 17.2. The number of quaternary nitrogens is 1. The smallest absolute Gasteiger partial charge is 0.387 e. The van der Waals surface area contributed by atoms with Gasteiger partial charge in [0.05, 0.1) is 39.9 Å². The van der Waals surface area contributed by atoms with E-state index < -0.39 is 20.0 Å². The van der Waals surface area contributed by atoms with E-state index in [2.05, 4.69) is 31.3 Å². The first-order chi connectivity index (χ1) is 40.0. The number of nitrogens with one attached hydrogen (secondary N) is 1. The van der Waals surface area contributed by atoms with Crippen molar-refractivity contribution in [2.24, 2.45) is 0 Å². The molecule has 0 aliphatic rings. The summed E-state index contributed by atoms with van der Waals surface area (Å²) in [5.41, 5.74) is 0. The minimum absolute atomic E-state index is 0.0591. The standard InChI is InChI=1S/C73H145N2O6P/c1-6-8-10-12-14-16-18-20-22-24-26-28-30-32-34-35-36-37-38-39-41-43-45-47-49-51-53-55-57-59-61-63-65-67-73(77)74-71(70-81-82(78,79)80-69-68-75(3,4)5)72(76)66-64-62-60-58-56-54-52-50-48-46-44-42-40-33-31-29-27-25-23-21-19-17-15-13-11-9-7-2/h56,58,64,66,71-72,76H,6-55,57,59-63,65,67-70H2,1-5H3,(H-,74,77,78,79)/p+1/b58-56+,66-64+. The Morgan fingerprint density at radius 2 is 0.671 bits per heavy atom. The van der Waals surface area contributed by atoms with Crippen LogP contribution >= 0.6 is 7.82 Å². The molecule has 0 bridgehead atoms. The molecule has 0 aromatic rings. The van der Waals surface area contributed by atoms with Crippen molar-refractivity contribution in [3.05, 3.63) is 24.3 Å². The molecule has 0 aromatic heterocycles. The van der Waals surface area contributed by atoms with Crippen LogP contribution in [0, 0.1) is 0 Å². The molecule has 0 fully saturated rings. The number of phosphoric acid groups is 1. The Labute approximate surface area is 513 Å². The number of carbonyl (C=O) groups excluding carboxylic acids is 1. The van der Waals surface area contributed by atoms with Crippen LogP contribution in [0.15, 0.2) is 24.3 Å². The second-order valence-corrected chi connectivity index (χ2v) is 28.1. The Bertz CT molecular complexity index is 1390. The van der Waals surface area contributed by atoms with E-state index >= 15 is 0 Å². The zero-order chi connectivity index (χ0) is 59.8. The van der Waals surface area contributed by atoms with Crippen molar-refractivity contribution in [1.82, 2.24) is 5.32 Å². The molecule has 0 radical (unpaired) electrons. The maximum Gasteiger partial charge on any atom is 0.472 e. The van der Waals surface area contributed by atoms with Gasteiger partial charge >= 0.3 is 7.82 Å². The second kappa shape index (κ2) is 64.5. The number of rotatable bonds is 69. The monoisotopic (exact) mass is 1180 g/mol. The van der Waals surface area contributed by atoms with Crippen LogP contribution < -0.4 is 5.32 Å². The Kier molecular flexibility index (Phi) is 63.7. The summed E-state index contributed by atoms with van der Waals surface area (Å²) >= 11 is 0. The number of allylic oxidation sites excluding steroid dienone is 3. The molecule has 0 spiro atoms. The highest BCUT2D eigenvalue weighted by Gasteiger charge is 2.28. The summed E-state index contributed by atoms with van der Waals surface area (Å²) in [7, 11) is 1.58. The summed E-state index contributed by atoms with van der Waals surface area (Å²) in [6, 6.07) is -0.862. The lowest BCUT2D eigenvalue weighted by Crippen LogP contribution is -2.45. The summed E-state index contributed by atoms with van der Waals surface area (Å²) in [4.78, 5) is 23.4. The number of unbranched alkanes of at least 4 members (excludes halogenated alkanes) is 54. The Morgan fingerprint density at radius 3 is 0.976 bits per heavy atom. The quantitative estimate of drug-likeness (QED) is 0.0243. The molecule has 8 nitrogen and oxygen atoms in total. The van der Waals surface area contributed by atoms with Crippen molar-refractivity contribution in [3.8, 4) is 0 Å². The summed E-state index contributed by atoms with van der Waals surface area (Å²) < 4.78 is 23.8. The van der Waals surface area contributed by atoms with Crippen LogP contribution in [-0.4, -0.2) is 73.4 Å². The number of likely N-dealkylation sites (N-methyl/N-ethyl adjacent to an activating group) is 1. The molecular weight excluding hydrogens is 1030 g/mol. The van der Waals surface area contributed by atoms with Crippen molar-refractivity contribution < 1.29 is 32.9 Å². The first-order valence-electron chi connectivity index (χ1n) is 36.7. The molecule has 0 heterocycles. The molecule has 488 valence electrons. The average molecular weight is 1180 g/mol. The third-order valence-corrected chi connectivity index (χ3v) is 18.2. The van der Waals surface area contributed by atoms with Gasteiger partial charge < -0.3 is 19.8 Å². The van der Waals surface area contributed by atoms with E-state index in [1.165, 1.54) is 327 Å². The van der Waals surface area contributed by atoms with Crippen LogP contribution in [0.1, 0.15) is 386 Å². The van der Waals surface area contributed by atoms with E-state index in [-0.39, 0.29) is 19.1 Å². The van der Waals surface area contributed by atoms with E-state index in [4.69, 9.17) is 9.05 Å². The molecule has 82 heavy (non-hydrogen) atoms. The Balaban J connectivity index is 4.02. The van der Waals surface area contributed by atoms with Gasteiger partial charge in [0.15, 0.2) is 0 Å². The topological polar surface area (TPSA) is 105 Å². The van der Waals surface area contributed by atoms with Crippen LogP contribution in [0.25, 0.3) is 0 Å². The van der Waals surface area contributed by atoms with Gasteiger partial charge in [-0.15, -0.1) is 0 Å². The fraction of sp³-hybridized carbons (Fsp3) is 0.932. The predicted molar refractivity (Wildman–Crippen MR) is 360 cm³/mol. The number of aliphatic hydroxyl groups excluding tert-OH is 1. The third kappa shape index (κ3) is 66.5. The van der Waals surface area contributed by atoms with Crippen molar-refractivity contribution in [3.63, 3.8) is 0 Å². The fourth-order valence-corrected chi connectivity index (χ4v) is 12.2. The normalized spacial score (nSPS) is 13.7. The lowest BCUT2D eigenvalue weighted by Gasteiger charge is -2.25. The van der Waals surface area contributed by atoms with Crippen molar-refractivity contribution in [2.45, 2.75) is 398 Å². The van der Waals surface area contributed by atoms with E-state index in [0.717, 1.165) is 38.5 Å². The molecule has 9 heteroatoms. The summed E-state index contributed by atoms with van der Waals surface area (Å²) in [6.07, 6.45) is 85.0. The molecular formula is C73H146N2O6P+. The summed E-state index contributed by atoms with van der Waals surface area (Å²) in [6.45, 7) is 4.87. The van der Waals surface area contributed by atoms with Gasteiger partial charge in [0.25, 0.3) is 0 Å². The molecule has 0 aromatic carbocycles. The van der Waals surface area contributed by atoms with E-state index in [0.29, 0.717) is 17.4 Å². The molecule has 0 rings (SSSR count). The van der Waals surface area contributed by atoms with Crippen molar-refractivity contribution in [1.29, 1.82) is 0 Å². The highest BCUT2D eigenvalue weighted by Crippen LogP contribution is 2.43. The van der Waals surface area contributed by atoms with Crippen molar-refractivity contribution >= 4 is 13.7 Å². The largest absolute Gasteiger partial charge is 0.472 e. The molecule has 0 aliphatic heterocycles. The lowest BCUT2D eigenvalue weighted by molar-refractivity contribution is -0.870. The van der Waals surface area contributed by atoms with Gasteiger partial charge in [-0.25, -0.2) is 4.57 Å². The molecule has 0 saturated heterocycles. The molecule has 3 unspecified atom stereocenters. The predicted octanol–water partition coefficient (Wildman–Crippen LogP) is 23.4. The molecule has 0 saturated carbocycles. The van der Waals surface area contributed by atoms with Gasteiger partial charge in [0.1, 0.15) is 13.2 Å². The number of phosphoric ester groups is 1. The minimum Gasteiger partial charge on any atom is -0.387 e. The zero-order valence-corrected chi connectivity index (χ0v) is 56.9. The second-order valence-electron chi connectivity index (χ2n) is 26.7. The molecule has 3 N–H and O–H groups in total. The number of nitrogens with zero attached hydrogens (tertiary/aromatic N) is 1. The average Bonchev–Trinajstić information content (AvgIpc) is 3.47. The summed E-state index contributed by atoms with van der Waals surface area (Å²) in [5.74, 6) is -0.177. The van der Waals surface area contributed by atoms with Crippen molar-refractivity contribution in [2.75, 3.05) is 40.9 Å².